The monoisotopic (exact) mass is 345 g/mol. The summed E-state index contributed by atoms with van der Waals surface area (Å²) in [6, 6.07) is 15.5. The van der Waals surface area contributed by atoms with Crippen LogP contribution in [0.1, 0.15) is 11.1 Å². The smallest absolute Gasteiger partial charge is 0.259 e. The summed E-state index contributed by atoms with van der Waals surface area (Å²) in [5.74, 6) is -0.188. The van der Waals surface area contributed by atoms with Gasteiger partial charge in [-0.15, -0.1) is 0 Å². The van der Waals surface area contributed by atoms with Crippen molar-refractivity contribution in [2.75, 3.05) is 11.9 Å². The van der Waals surface area contributed by atoms with Crippen LogP contribution >= 0.6 is 15.9 Å². The van der Waals surface area contributed by atoms with Gasteiger partial charge in [-0.25, -0.2) is 5.43 Å². The molecule has 0 aromatic heterocycles. The number of carbonyl (C=O) groups excluding carboxylic acids is 1. The Morgan fingerprint density at radius 2 is 1.90 bits per heavy atom. The van der Waals surface area contributed by atoms with Gasteiger partial charge in [-0.05, 0) is 36.2 Å². The molecule has 2 aromatic carbocycles. The molecule has 0 saturated carbocycles. The number of nitrogens with one attached hydrogen (secondary N) is 2. The third-order valence-electron chi connectivity index (χ3n) is 2.86. The second kappa shape index (κ2) is 7.59. The Balaban J connectivity index is 1.80. The number of hydrazone groups is 1. The molecule has 2 aromatic rings. The van der Waals surface area contributed by atoms with Crippen molar-refractivity contribution in [1.82, 2.24) is 5.43 Å². The van der Waals surface area contributed by atoms with Crippen molar-refractivity contribution in [3.63, 3.8) is 0 Å². The van der Waals surface area contributed by atoms with Crippen LogP contribution in [-0.2, 0) is 4.79 Å². The number of halogens is 1. The first-order valence-electron chi connectivity index (χ1n) is 6.52. The van der Waals surface area contributed by atoms with Crippen LogP contribution in [0.25, 0.3) is 0 Å². The number of hydrogen-bond acceptors (Lipinski definition) is 3. The van der Waals surface area contributed by atoms with Gasteiger partial charge in [0.15, 0.2) is 0 Å². The molecule has 2 N–H and O–H groups in total. The highest BCUT2D eigenvalue weighted by atomic mass is 79.9. The van der Waals surface area contributed by atoms with E-state index in [9.17, 15) is 4.79 Å². The molecule has 0 aliphatic heterocycles. The van der Waals surface area contributed by atoms with Crippen LogP contribution < -0.4 is 10.7 Å². The van der Waals surface area contributed by atoms with Crippen molar-refractivity contribution >= 4 is 33.7 Å². The Morgan fingerprint density at radius 3 is 2.62 bits per heavy atom. The third kappa shape index (κ3) is 5.04. The largest absolute Gasteiger partial charge is 0.376 e. The fourth-order valence-electron chi connectivity index (χ4n) is 1.71. The molecule has 0 aliphatic rings. The minimum absolute atomic E-state index is 0.183. The van der Waals surface area contributed by atoms with Gasteiger partial charge >= 0.3 is 0 Å². The minimum Gasteiger partial charge on any atom is -0.376 e. The lowest BCUT2D eigenvalue weighted by molar-refractivity contribution is -0.119. The quantitative estimate of drug-likeness (QED) is 0.645. The van der Waals surface area contributed by atoms with E-state index in [0.29, 0.717) is 0 Å². The van der Waals surface area contributed by atoms with Gasteiger partial charge in [0.2, 0.25) is 0 Å². The van der Waals surface area contributed by atoms with Crippen molar-refractivity contribution in [3.8, 4) is 0 Å². The minimum atomic E-state index is -0.188. The number of carbonyl (C=O) groups is 1. The summed E-state index contributed by atoms with van der Waals surface area (Å²) in [6.45, 7) is 2.18. The molecule has 0 unspecified atom stereocenters. The van der Waals surface area contributed by atoms with Gasteiger partial charge in [0.25, 0.3) is 5.91 Å². The summed E-state index contributed by atoms with van der Waals surface area (Å²) in [5.41, 5.74) is 5.46. The Kier molecular flexibility index (Phi) is 5.51. The lowest BCUT2D eigenvalue weighted by Crippen LogP contribution is -2.26. The van der Waals surface area contributed by atoms with Crippen LogP contribution in [0.15, 0.2) is 58.1 Å². The Morgan fingerprint density at radius 1 is 1.19 bits per heavy atom. The summed E-state index contributed by atoms with van der Waals surface area (Å²) in [5, 5.41) is 7.00. The first-order valence-corrected chi connectivity index (χ1v) is 7.31. The Hall–Kier alpha value is -2.14. The van der Waals surface area contributed by atoms with E-state index < -0.39 is 0 Å². The highest BCUT2D eigenvalue weighted by Crippen LogP contribution is 2.12. The molecular weight excluding hydrogens is 330 g/mol. The SMILES string of the molecule is Cc1ccccc1NCC(=O)N/N=C\c1ccc(Br)cc1. The van der Waals surface area contributed by atoms with Gasteiger partial charge in [-0.2, -0.15) is 5.10 Å². The van der Waals surface area contributed by atoms with Gasteiger partial charge < -0.3 is 5.32 Å². The molecule has 0 saturated heterocycles. The summed E-state index contributed by atoms with van der Waals surface area (Å²) < 4.78 is 1.01. The van der Waals surface area contributed by atoms with E-state index in [1.165, 1.54) is 0 Å². The molecular formula is C16H16BrN3O. The molecule has 0 atom stereocenters. The number of amides is 1. The van der Waals surface area contributed by atoms with E-state index >= 15 is 0 Å². The maximum Gasteiger partial charge on any atom is 0.259 e. The van der Waals surface area contributed by atoms with E-state index in [1.807, 2.05) is 55.5 Å². The Bertz CT molecular complexity index is 638. The fraction of sp³-hybridized carbons (Fsp3) is 0.125. The lowest BCUT2D eigenvalue weighted by atomic mass is 10.2. The predicted octanol–water partition coefficient (Wildman–Crippen LogP) is 3.32. The number of aryl methyl sites for hydroxylation is 1. The van der Waals surface area contributed by atoms with Crippen LogP contribution in [0.2, 0.25) is 0 Å². The zero-order chi connectivity index (χ0) is 15.1. The van der Waals surface area contributed by atoms with Crippen LogP contribution in [0, 0.1) is 6.92 Å². The predicted molar refractivity (Wildman–Crippen MR) is 89.5 cm³/mol. The maximum atomic E-state index is 11.7. The molecule has 1 amide bonds. The van der Waals surface area contributed by atoms with E-state index in [0.717, 1.165) is 21.3 Å². The number of rotatable bonds is 5. The van der Waals surface area contributed by atoms with Crippen molar-refractivity contribution in [2.45, 2.75) is 6.92 Å². The molecule has 0 spiro atoms. The molecule has 0 fully saturated rings. The average molecular weight is 346 g/mol. The molecule has 0 aliphatic carbocycles. The molecule has 5 heteroatoms. The van der Waals surface area contributed by atoms with E-state index in [1.54, 1.807) is 6.21 Å². The van der Waals surface area contributed by atoms with E-state index in [4.69, 9.17) is 0 Å². The third-order valence-corrected chi connectivity index (χ3v) is 3.39. The molecule has 0 radical (unpaired) electrons. The number of para-hydroxylation sites is 1. The number of anilines is 1. The second-order valence-electron chi connectivity index (χ2n) is 4.51. The number of hydrogen-bond donors (Lipinski definition) is 2. The summed E-state index contributed by atoms with van der Waals surface area (Å²) in [6.07, 6.45) is 1.61. The zero-order valence-corrected chi connectivity index (χ0v) is 13.2. The van der Waals surface area contributed by atoms with Crippen LogP contribution in [0.3, 0.4) is 0 Å². The first-order chi connectivity index (χ1) is 10.1. The normalized spacial score (nSPS) is 10.6. The van der Waals surface area contributed by atoms with E-state index in [2.05, 4.69) is 31.8 Å². The Labute approximate surface area is 132 Å². The molecule has 0 heterocycles. The van der Waals surface area contributed by atoms with Gasteiger partial charge in [0.1, 0.15) is 0 Å². The van der Waals surface area contributed by atoms with E-state index in [-0.39, 0.29) is 12.5 Å². The topological polar surface area (TPSA) is 53.5 Å². The summed E-state index contributed by atoms with van der Waals surface area (Å²) in [7, 11) is 0. The first kappa shape index (κ1) is 15.3. The van der Waals surface area contributed by atoms with Crippen molar-refractivity contribution in [2.24, 2.45) is 5.10 Å². The zero-order valence-electron chi connectivity index (χ0n) is 11.6. The van der Waals surface area contributed by atoms with Gasteiger partial charge in [0.05, 0.1) is 12.8 Å². The highest BCUT2D eigenvalue weighted by molar-refractivity contribution is 9.10. The van der Waals surface area contributed by atoms with Crippen LogP contribution in [0.4, 0.5) is 5.69 Å². The molecule has 2 rings (SSSR count). The van der Waals surface area contributed by atoms with Gasteiger partial charge in [-0.1, -0.05) is 46.3 Å². The number of benzene rings is 2. The van der Waals surface area contributed by atoms with Crippen LogP contribution in [0.5, 0.6) is 0 Å². The second-order valence-corrected chi connectivity index (χ2v) is 5.43. The van der Waals surface area contributed by atoms with Crippen molar-refractivity contribution < 1.29 is 4.79 Å². The average Bonchev–Trinajstić information content (AvgIpc) is 2.48. The maximum absolute atomic E-state index is 11.7. The number of nitrogens with zero attached hydrogens (tertiary/aromatic N) is 1. The van der Waals surface area contributed by atoms with Gasteiger partial charge in [0, 0.05) is 10.2 Å². The summed E-state index contributed by atoms with van der Waals surface area (Å²) >= 11 is 3.36. The fourth-order valence-corrected chi connectivity index (χ4v) is 1.98. The molecule has 4 nitrogen and oxygen atoms in total. The summed E-state index contributed by atoms with van der Waals surface area (Å²) in [4.78, 5) is 11.7. The molecule has 108 valence electrons. The standard InChI is InChI=1S/C16H16BrN3O/c1-12-4-2-3-5-15(12)18-11-16(21)20-19-10-13-6-8-14(17)9-7-13/h2-10,18H,11H2,1H3,(H,20,21)/b19-10-. The van der Waals surface area contributed by atoms with Crippen molar-refractivity contribution in [1.29, 1.82) is 0 Å². The lowest BCUT2D eigenvalue weighted by Gasteiger charge is -2.07. The molecule has 21 heavy (non-hydrogen) atoms. The molecule has 0 bridgehead atoms. The van der Waals surface area contributed by atoms with Crippen molar-refractivity contribution in [3.05, 3.63) is 64.1 Å². The highest BCUT2D eigenvalue weighted by Gasteiger charge is 2.00. The van der Waals surface area contributed by atoms with Gasteiger partial charge in [-0.3, -0.25) is 4.79 Å². The van der Waals surface area contributed by atoms with Crippen LogP contribution in [-0.4, -0.2) is 18.7 Å².